The Hall–Kier alpha value is -1.14. The number of nitrogens with two attached hydrogens (primary N) is 1. The standard InChI is InChI=1S/C8H17N3O3/c1-2-11(5-6-12)8(14)7(13)10-4-3-9/h12H,2-6,9H2,1H3,(H,10,13). The molecule has 0 spiro atoms. The number of likely N-dealkylation sites (N-methyl/N-ethyl adjacent to an activating group) is 1. The molecule has 0 aromatic heterocycles. The number of aliphatic hydroxyl groups excluding tert-OH is 1. The number of amides is 2. The first-order valence-corrected chi connectivity index (χ1v) is 4.55. The quantitative estimate of drug-likeness (QED) is 0.446. The van der Waals surface area contributed by atoms with Crippen molar-refractivity contribution < 1.29 is 14.7 Å². The van der Waals surface area contributed by atoms with Crippen LogP contribution in [0.1, 0.15) is 6.92 Å². The molecule has 0 bridgehead atoms. The van der Waals surface area contributed by atoms with Gasteiger partial charge in [-0.2, -0.15) is 0 Å². The maximum atomic E-state index is 11.3. The molecule has 0 aliphatic rings. The zero-order chi connectivity index (χ0) is 11.0. The predicted octanol–water partition coefficient (Wildman–Crippen LogP) is -2.10. The molecule has 0 saturated heterocycles. The molecule has 82 valence electrons. The van der Waals surface area contributed by atoms with Crippen LogP contribution in [0.3, 0.4) is 0 Å². The lowest BCUT2D eigenvalue weighted by atomic mass is 10.4. The molecule has 0 radical (unpaired) electrons. The molecular formula is C8H17N3O3. The zero-order valence-electron chi connectivity index (χ0n) is 8.32. The van der Waals surface area contributed by atoms with E-state index in [-0.39, 0.29) is 19.7 Å². The van der Waals surface area contributed by atoms with E-state index in [2.05, 4.69) is 5.32 Å². The van der Waals surface area contributed by atoms with Gasteiger partial charge in [-0.15, -0.1) is 0 Å². The van der Waals surface area contributed by atoms with E-state index in [4.69, 9.17) is 10.8 Å². The van der Waals surface area contributed by atoms with Crippen LogP contribution in [-0.2, 0) is 9.59 Å². The number of hydrogen-bond acceptors (Lipinski definition) is 4. The molecular weight excluding hydrogens is 186 g/mol. The van der Waals surface area contributed by atoms with Crippen LogP contribution in [0.5, 0.6) is 0 Å². The Morgan fingerprint density at radius 2 is 2.14 bits per heavy atom. The van der Waals surface area contributed by atoms with E-state index >= 15 is 0 Å². The highest BCUT2D eigenvalue weighted by Gasteiger charge is 2.18. The maximum Gasteiger partial charge on any atom is 0.311 e. The first-order valence-electron chi connectivity index (χ1n) is 4.55. The Bertz CT molecular complexity index is 196. The summed E-state index contributed by atoms with van der Waals surface area (Å²) >= 11 is 0. The summed E-state index contributed by atoms with van der Waals surface area (Å²) in [5.74, 6) is -1.30. The van der Waals surface area contributed by atoms with Crippen LogP contribution in [0.4, 0.5) is 0 Å². The van der Waals surface area contributed by atoms with Gasteiger partial charge in [-0.25, -0.2) is 0 Å². The monoisotopic (exact) mass is 203 g/mol. The summed E-state index contributed by atoms with van der Waals surface area (Å²) in [6, 6.07) is 0. The van der Waals surface area contributed by atoms with Gasteiger partial charge in [0.15, 0.2) is 0 Å². The average Bonchev–Trinajstić information content (AvgIpc) is 2.21. The van der Waals surface area contributed by atoms with Gasteiger partial charge in [-0.3, -0.25) is 9.59 Å². The third-order valence-corrected chi connectivity index (χ3v) is 1.66. The number of nitrogens with one attached hydrogen (secondary N) is 1. The highest BCUT2D eigenvalue weighted by molar-refractivity contribution is 6.34. The normalized spacial score (nSPS) is 9.64. The largest absolute Gasteiger partial charge is 0.395 e. The van der Waals surface area contributed by atoms with Crippen molar-refractivity contribution in [1.82, 2.24) is 10.2 Å². The molecule has 2 amide bonds. The van der Waals surface area contributed by atoms with Crippen molar-refractivity contribution in [3.63, 3.8) is 0 Å². The fourth-order valence-electron chi connectivity index (χ4n) is 0.929. The second kappa shape index (κ2) is 7.28. The number of rotatable bonds is 5. The van der Waals surface area contributed by atoms with Crippen LogP contribution in [0, 0.1) is 0 Å². The van der Waals surface area contributed by atoms with E-state index in [9.17, 15) is 9.59 Å². The average molecular weight is 203 g/mol. The number of carbonyl (C=O) groups excluding carboxylic acids is 2. The van der Waals surface area contributed by atoms with Crippen molar-refractivity contribution in [3.8, 4) is 0 Å². The first-order chi connectivity index (χ1) is 6.67. The summed E-state index contributed by atoms with van der Waals surface area (Å²) in [5.41, 5.74) is 5.16. The molecule has 0 saturated carbocycles. The zero-order valence-corrected chi connectivity index (χ0v) is 8.32. The van der Waals surface area contributed by atoms with Crippen molar-refractivity contribution in [2.75, 3.05) is 32.8 Å². The summed E-state index contributed by atoms with van der Waals surface area (Å²) in [4.78, 5) is 23.7. The van der Waals surface area contributed by atoms with Gasteiger partial charge in [0.05, 0.1) is 6.61 Å². The van der Waals surface area contributed by atoms with Gasteiger partial charge in [0.25, 0.3) is 0 Å². The smallest absolute Gasteiger partial charge is 0.311 e. The Kier molecular flexibility index (Phi) is 6.69. The molecule has 0 rings (SSSR count). The van der Waals surface area contributed by atoms with E-state index in [1.54, 1.807) is 6.92 Å². The van der Waals surface area contributed by atoms with Crippen LogP contribution in [-0.4, -0.2) is 54.6 Å². The fraction of sp³-hybridized carbons (Fsp3) is 0.750. The van der Waals surface area contributed by atoms with Gasteiger partial charge < -0.3 is 21.1 Å². The molecule has 0 aliphatic carbocycles. The highest BCUT2D eigenvalue weighted by Crippen LogP contribution is 1.88. The number of hydrogen-bond donors (Lipinski definition) is 3. The lowest BCUT2D eigenvalue weighted by Gasteiger charge is -2.18. The van der Waals surface area contributed by atoms with Crippen LogP contribution in [0.15, 0.2) is 0 Å². The summed E-state index contributed by atoms with van der Waals surface area (Å²) in [6.45, 7) is 2.74. The maximum absolute atomic E-state index is 11.3. The van der Waals surface area contributed by atoms with Gasteiger partial charge in [-0.05, 0) is 6.92 Å². The molecule has 0 aromatic carbocycles. The third kappa shape index (κ3) is 4.20. The molecule has 4 N–H and O–H groups in total. The fourth-order valence-corrected chi connectivity index (χ4v) is 0.929. The molecule has 0 heterocycles. The van der Waals surface area contributed by atoms with E-state index in [0.29, 0.717) is 13.1 Å². The van der Waals surface area contributed by atoms with Gasteiger partial charge in [-0.1, -0.05) is 0 Å². The predicted molar refractivity (Wildman–Crippen MR) is 51.4 cm³/mol. The van der Waals surface area contributed by atoms with E-state index < -0.39 is 11.8 Å². The SMILES string of the molecule is CCN(CCO)C(=O)C(=O)NCCN. The van der Waals surface area contributed by atoms with Gasteiger partial charge in [0, 0.05) is 26.2 Å². The number of nitrogens with zero attached hydrogens (tertiary/aromatic N) is 1. The van der Waals surface area contributed by atoms with Gasteiger partial charge >= 0.3 is 11.8 Å². The van der Waals surface area contributed by atoms with Crippen molar-refractivity contribution >= 4 is 11.8 Å². The summed E-state index contributed by atoms with van der Waals surface area (Å²) < 4.78 is 0. The Morgan fingerprint density at radius 3 is 2.57 bits per heavy atom. The lowest BCUT2D eigenvalue weighted by Crippen LogP contribution is -2.45. The minimum absolute atomic E-state index is 0.149. The van der Waals surface area contributed by atoms with Crippen LogP contribution >= 0.6 is 0 Å². The molecule has 0 aromatic rings. The van der Waals surface area contributed by atoms with Crippen molar-refractivity contribution in [3.05, 3.63) is 0 Å². The number of aliphatic hydroxyl groups is 1. The lowest BCUT2D eigenvalue weighted by molar-refractivity contribution is -0.146. The number of carbonyl (C=O) groups is 2. The van der Waals surface area contributed by atoms with Crippen molar-refractivity contribution in [1.29, 1.82) is 0 Å². The van der Waals surface area contributed by atoms with Crippen molar-refractivity contribution in [2.45, 2.75) is 6.92 Å². The molecule has 6 nitrogen and oxygen atoms in total. The van der Waals surface area contributed by atoms with Gasteiger partial charge in [0.1, 0.15) is 0 Å². The molecule has 0 unspecified atom stereocenters. The highest BCUT2D eigenvalue weighted by atomic mass is 16.3. The molecule has 0 atom stereocenters. The Morgan fingerprint density at radius 1 is 1.50 bits per heavy atom. The van der Waals surface area contributed by atoms with E-state index in [1.807, 2.05) is 0 Å². The topological polar surface area (TPSA) is 95.7 Å². The van der Waals surface area contributed by atoms with Crippen LogP contribution < -0.4 is 11.1 Å². The minimum atomic E-state index is -0.675. The molecule has 0 aliphatic heterocycles. The second-order valence-electron chi connectivity index (χ2n) is 2.65. The summed E-state index contributed by atoms with van der Waals surface area (Å²) in [7, 11) is 0. The van der Waals surface area contributed by atoms with E-state index in [0.717, 1.165) is 0 Å². The summed E-state index contributed by atoms with van der Waals surface area (Å²) in [5, 5.41) is 11.0. The second-order valence-corrected chi connectivity index (χ2v) is 2.65. The Labute approximate surface area is 83.1 Å². The van der Waals surface area contributed by atoms with Gasteiger partial charge in [0.2, 0.25) is 0 Å². The van der Waals surface area contributed by atoms with Crippen molar-refractivity contribution in [2.24, 2.45) is 5.73 Å². The first kappa shape index (κ1) is 12.9. The third-order valence-electron chi connectivity index (χ3n) is 1.66. The summed E-state index contributed by atoms with van der Waals surface area (Å²) in [6.07, 6.45) is 0. The molecule has 0 fully saturated rings. The minimum Gasteiger partial charge on any atom is -0.395 e. The molecule has 14 heavy (non-hydrogen) atoms. The van der Waals surface area contributed by atoms with E-state index in [1.165, 1.54) is 4.90 Å². The van der Waals surface area contributed by atoms with Crippen LogP contribution in [0.2, 0.25) is 0 Å². The van der Waals surface area contributed by atoms with Crippen LogP contribution in [0.25, 0.3) is 0 Å². The molecule has 6 heteroatoms. The Balaban J connectivity index is 4.06.